The first-order valence-electron chi connectivity index (χ1n) is 11.7. The van der Waals surface area contributed by atoms with Gasteiger partial charge in [-0.25, -0.2) is 0 Å². The number of rotatable bonds is 19. The smallest absolute Gasteiger partial charge is 0.320 e. The number of nitrogens with zero attached hydrogens (tertiary/aromatic N) is 3. The van der Waals surface area contributed by atoms with Gasteiger partial charge in [0, 0.05) is 26.2 Å². The summed E-state index contributed by atoms with van der Waals surface area (Å²) >= 11 is 0. The van der Waals surface area contributed by atoms with Crippen molar-refractivity contribution in [3.63, 3.8) is 0 Å². The van der Waals surface area contributed by atoms with E-state index >= 15 is 0 Å². The lowest BCUT2D eigenvalue weighted by molar-refractivity contribution is -0.151. The molecule has 0 N–H and O–H groups in total. The largest absolute Gasteiger partial charge is 0.468 e. The molecule has 0 radical (unpaired) electrons. The lowest BCUT2D eigenvalue weighted by Crippen LogP contribution is -2.46. The topological polar surface area (TPSA) is 132 Å². The molecule has 0 rings (SSSR count). The summed E-state index contributed by atoms with van der Waals surface area (Å²) in [6, 6.07) is 0. The predicted octanol–water partition coefficient (Wildman–Crippen LogP) is -0.268. The van der Waals surface area contributed by atoms with Gasteiger partial charge >= 0.3 is 23.9 Å². The maximum Gasteiger partial charge on any atom is 0.320 e. The van der Waals surface area contributed by atoms with Crippen molar-refractivity contribution >= 4 is 29.7 Å². The van der Waals surface area contributed by atoms with Crippen molar-refractivity contribution in [2.45, 2.75) is 40.7 Å². The minimum Gasteiger partial charge on any atom is -0.468 e. The van der Waals surface area contributed by atoms with E-state index in [1.165, 1.54) is 14.0 Å². The van der Waals surface area contributed by atoms with Gasteiger partial charge in [-0.15, -0.1) is 0 Å². The maximum atomic E-state index is 12.2. The fourth-order valence-corrected chi connectivity index (χ4v) is 3.09. The zero-order chi connectivity index (χ0) is 26.8. The molecule has 0 unspecified atom stereocenters. The number of carbonyl (C=O) groups is 5. The van der Waals surface area contributed by atoms with Crippen molar-refractivity contribution in [2.75, 3.05) is 79.2 Å². The number of hydrogen-bond acceptors (Lipinski definition) is 12. The molecule has 12 nitrogen and oxygen atoms in total. The van der Waals surface area contributed by atoms with Gasteiger partial charge in [-0.05, 0) is 34.6 Å². The quantitative estimate of drug-likeness (QED) is 0.170. The van der Waals surface area contributed by atoms with Crippen LogP contribution >= 0.6 is 0 Å². The lowest BCUT2D eigenvalue weighted by Gasteiger charge is -2.28. The average Bonchev–Trinajstić information content (AvgIpc) is 2.74. The predicted molar refractivity (Wildman–Crippen MR) is 127 cm³/mol. The normalized spacial score (nSPS) is 11.1. The number of ketones is 1. The highest BCUT2D eigenvalue weighted by atomic mass is 16.5. The third-order valence-electron chi connectivity index (χ3n) is 4.53. The highest BCUT2D eigenvalue weighted by Crippen LogP contribution is 2.01. The summed E-state index contributed by atoms with van der Waals surface area (Å²) in [5, 5.41) is 0. The van der Waals surface area contributed by atoms with Crippen molar-refractivity contribution < 1.29 is 42.9 Å². The second-order valence-electron chi connectivity index (χ2n) is 8.12. The summed E-state index contributed by atoms with van der Waals surface area (Å²) in [5.74, 6) is -1.99. The van der Waals surface area contributed by atoms with E-state index < -0.39 is 23.9 Å². The molecule has 0 fully saturated rings. The SMILES string of the molecule is CCOC(=O)CN(CCN(CC(C)=O)CC(=O)OC)CCN(CC(=O)OCC)CC(=O)OC(C)C. The van der Waals surface area contributed by atoms with Gasteiger partial charge in [-0.1, -0.05) is 0 Å². The Morgan fingerprint density at radius 1 is 0.629 bits per heavy atom. The molecule has 0 aliphatic heterocycles. The van der Waals surface area contributed by atoms with E-state index in [4.69, 9.17) is 18.9 Å². The Balaban J connectivity index is 5.33. The van der Waals surface area contributed by atoms with Gasteiger partial charge in [0.05, 0.1) is 59.2 Å². The number of carbonyl (C=O) groups excluding carboxylic acids is 5. The molecule has 0 spiro atoms. The molecule has 35 heavy (non-hydrogen) atoms. The molecule has 0 aromatic carbocycles. The molecular formula is C23H41N3O9. The zero-order valence-electron chi connectivity index (χ0n) is 21.9. The van der Waals surface area contributed by atoms with Crippen LogP contribution < -0.4 is 0 Å². The molecule has 0 atom stereocenters. The lowest BCUT2D eigenvalue weighted by atomic mass is 10.3. The van der Waals surface area contributed by atoms with Gasteiger partial charge in [-0.2, -0.15) is 0 Å². The summed E-state index contributed by atoms with van der Waals surface area (Å²) < 4.78 is 19.9. The Labute approximate surface area is 207 Å². The van der Waals surface area contributed by atoms with Gasteiger partial charge < -0.3 is 18.9 Å². The van der Waals surface area contributed by atoms with Crippen molar-refractivity contribution in [1.29, 1.82) is 0 Å². The molecule has 0 bridgehead atoms. The minimum absolute atomic E-state index is 0.0380. The Kier molecular flexibility index (Phi) is 17.3. The van der Waals surface area contributed by atoms with Crippen LogP contribution in [0.25, 0.3) is 0 Å². The first-order valence-corrected chi connectivity index (χ1v) is 11.7. The standard InChI is InChI=1S/C23H41N3O9/c1-7-33-21(29)15-24(9-11-25(13-19(5)27)14-20(28)32-6)10-12-26(16-22(30)34-8-2)17-23(31)35-18(3)4/h18H,7-17H2,1-6H3. The maximum absolute atomic E-state index is 12.2. The molecule has 202 valence electrons. The Morgan fingerprint density at radius 2 is 1.03 bits per heavy atom. The molecular weight excluding hydrogens is 462 g/mol. The van der Waals surface area contributed by atoms with E-state index in [-0.39, 0.29) is 64.4 Å². The van der Waals surface area contributed by atoms with Crippen molar-refractivity contribution in [3.8, 4) is 0 Å². The average molecular weight is 504 g/mol. The van der Waals surface area contributed by atoms with E-state index in [0.29, 0.717) is 19.6 Å². The highest BCUT2D eigenvalue weighted by Gasteiger charge is 2.21. The van der Waals surface area contributed by atoms with Crippen molar-refractivity contribution in [1.82, 2.24) is 14.7 Å². The summed E-state index contributed by atoms with van der Waals surface area (Å²) in [6.07, 6.45) is -0.297. The van der Waals surface area contributed by atoms with Crippen LogP contribution in [0.5, 0.6) is 0 Å². The summed E-state index contributed by atoms with van der Waals surface area (Å²) in [7, 11) is 1.27. The molecule has 0 aromatic rings. The van der Waals surface area contributed by atoms with Gasteiger partial charge in [0.25, 0.3) is 0 Å². The first kappa shape index (κ1) is 32.4. The van der Waals surface area contributed by atoms with E-state index in [1.807, 2.05) is 0 Å². The van der Waals surface area contributed by atoms with E-state index in [9.17, 15) is 24.0 Å². The molecule has 0 amide bonds. The number of methoxy groups -OCH3 is 1. The van der Waals surface area contributed by atoms with Crippen LogP contribution in [0, 0.1) is 0 Å². The minimum atomic E-state index is -0.480. The Hall–Kier alpha value is -2.57. The number of hydrogen-bond donors (Lipinski definition) is 0. The molecule has 0 saturated carbocycles. The zero-order valence-corrected chi connectivity index (χ0v) is 21.9. The second-order valence-corrected chi connectivity index (χ2v) is 8.12. The molecule has 0 saturated heterocycles. The van der Waals surface area contributed by atoms with Crippen LogP contribution in [0.1, 0.15) is 34.6 Å². The van der Waals surface area contributed by atoms with E-state index in [1.54, 1.807) is 42.4 Å². The van der Waals surface area contributed by atoms with E-state index in [0.717, 1.165) is 0 Å². The van der Waals surface area contributed by atoms with Crippen LogP contribution in [0.3, 0.4) is 0 Å². The van der Waals surface area contributed by atoms with Crippen LogP contribution in [0.4, 0.5) is 0 Å². The Morgan fingerprint density at radius 3 is 1.46 bits per heavy atom. The number of esters is 4. The summed E-state index contributed by atoms with van der Waals surface area (Å²) in [4.78, 5) is 64.6. The van der Waals surface area contributed by atoms with E-state index in [2.05, 4.69) is 0 Å². The molecule has 0 aromatic heterocycles. The van der Waals surface area contributed by atoms with Gasteiger partial charge in [0.1, 0.15) is 5.78 Å². The fraction of sp³-hybridized carbons (Fsp3) is 0.783. The van der Waals surface area contributed by atoms with Crippen LogP contribution in [-0.4, -0.2) is 130 Å². The molecule has 0 aliphatic rings. The van der Waals surface area contributed by atoms with Gasteiger partial charge in [0.2, 0.25) is 0 Å². The van der Waals surface area contributed by atoms with Gasteiger partial charge in [-0.3, -0.25) is 38.7 Å². The number of ether oxygens (including phenoxy) is 4. The first-order chi connectivity index (χ1) is 16.5. The van der Waals surface area contributed by atoms with Crippen LogP contribution in [-0.2, 0) is 42.9 Å². The van der Waals surface area contributed by atoms with Crippen LogP contribution in [0.15, 0.2) is 0 Å². The molecule has 12 heteroatoms. The summed E-state index contributed by atoms with van der Waals surface area (Å²) in [5.41, 5.74) is 0. The third-order valence-corrected chi connectivity index (χ3v) is 4.53. The number of Topliss-reactive ketones (excluding diaryl/α,β-unsaturated/α-hetero) is 1. The van der Waals surface area contributed by atoms with Crippen molar-refractivity contribution in [3.05, 3.63) is 0 Å². The fourth-order valence-electron chi connectivity index (χ4n) is 3.09. The highest BCUT2D eigenvalue weighted by molar-refractivity contribution is 5.79. The second kappa shape index (κ2) is 18.7. The van der Waals surface area contributed by atoms with Crippen LogP contribution in [0.2, 0.25) is 0 Å². The summed E-state index contributed by atoms with van der Waals surface area (Å²) in [6.45, 7) is 9.62. The third kappa shape index (κ3) is 17.5. The van der Waals surface area contributed by atoms with Gasteiger partial charge in [0.15, 0.2) is 0 Å². The van der Waals surface area contributed by atoms with Crippen molar-refractivity contribution in [2.24, 2.45) is 0 Å². The molecule has 0 aliphatic carbocycles. The monoisotopic (exact) mass is 503 g/mol. The Bertz CT molecular complexity index is 685. The molecule has 0 heterocycles.